The first-order chi connectivity index (χ1) is 9.65. The van der Waals surface area contributed by atoms with Gasteiger partial charge in [0, 0.05) is 32.6 Å². The SMILES string of the molecule is CC1SCC(C(O)Cc2csc3ccccc23)SC1C. The van der Waals surface area contributed by atoms with Crippen molar-refractivity contribution in [3.8, 4) is 0 Å². The molecule has 0 bridgehead atoms. The summed E-state index contributed by atoms with van der Waals surface area (Å²) in [6, 6.07) is 8.49. The van der Waals surface area contributed by atoms with Gasteiger partial charge in [-0.15, -0.1) is 11.3 Å². The van der Waals surface area contributed by atoms with Crippen LogP contribution in [0.4, 0.5) is 0 Å². The van der Waals surface area contributed by atoms with Crippen molar-refractivity contribution in [2.75, 3.05) is 5.75 Å². The van der Waals surface area contributed by atoms with Crippen molar-refractivity contribution in [1.82, 2.24) is 0 Å². The van der Waals surface area contributed by atoms with E-state index in [1.807, 2.05) is 23.5 Å². The lowest BCUT2D eigenvalue weighted by molar-refractivity contribution is 0.177. The second-order valence-electron chi connectivity index (χ2n) is 5.45. The zero-order valence-corrected chi connectivity index (χ0v) is 14.2. The summed E-state index contributed by atoms with van der Waals surface area (Å²) in [5.41, 5.74) is 1.30. The molecule has 1 nitrogen and oxygen atoms in total. The molecule has 2 aromatic rings. The fourth-order valence-electron chi connectivity index (χ4n) is 2.56. The summed E-state index contributed by atoms with van der Waals surface area (Å²) in [7, 11) is 0. The van der Waals surface area contributed by atoms with Gasteiger partial charge in [0.1, 0.15) is 0 Å². The molecule has 4 unspecified atom stereocenters. The van der Waals surface area contributed by atoms with Gasteiger partial charge in [-0.25, -0.2) is 0 Å². The molecule has 3 rings (SSSR count). The van der Waals surface area contributed by atoms with Gasteiger partial charge in [-0.1, -0.05) is 32.0 Å². The van der Waals surface area contributed by atoms with Crippen LogP contribution in [0.1, 0.15) is 19.4 Å². The van der Waals surface area contributed by atoms with E-state index in [4.69, 9.17) is 0 Å². The van der Waals surface area contributed by atoms with Crippen molar-refractivity contribution in [3.05, 3.63) is 35.2 Å². The van der Waals surface area contributed by atoms with E-state index in [1.165, 1.54) is 15.6 Å². The van der Waals surface area contributed by atoms with Crippen molar-refractivity contribution in [3.63, 3.8) is 0 Å². The summed E-state index contributed by atoms with van der Waals surface area (Å²) in [6.07, 6.45) is 0.545. The molecule has 2 heterocycles. The van der Waals surface area contributed by atoms with Crippen LogP contribution in [0.2, 0.25) is 0 Å². The quantitative estimate of drug-likeness (QED) is 0.902. The third-order valence-electron chi connectivity index (χ3n) is 3.99. The number of aliphatic hydroxyl groups excluding tert-OH is 1. The summed E-state index contributed by atoms with van der Waals surface area (Å²) < 4.78 is 1.32. The van der Waals surface area contributed by atoms with Gasteiger partial charge in [-0.2, -0.15) is 23.5 Å². The van der Waals surface area contributed by atoms with Crippen LogP contribution in [-0.2, 0) is 6.42 Å². The van der Waals surface area contributed by atoms with Crippen molar-refractivity contribution in [2.24, 2.45) is 0 Å². The minimum atomic E-state index is -0.236. The summed E-state index contributed by atoms with van der Waals surface area (Å²) >= 11 is 5.74. The molecule has 0 amide bonds. The highest BCUT2D eigenvalue weighted by Gasteiger charge is 2.30. The molecule has 20 heavy (non-hydrogen) atoms. The number of hydrogen-bond acceptors (Lipinski definition) is 4. The summed E-state index contributed by atoms with van der Waals surface area (Å²) in [6.45, 7) is 4.57. The minimum Gasteiger partial charge on any atom is -0.392 e. The predicted octanol–water partition coefficient (Wildman–Crippen LogP) is 4.43. The molecule has 4 heteroatoms. The highest BCUT2D eigenvalue weighted by atomic mass is 32.2. The minimum absolute atomic E-state index is 0.236. The number of benzene rings is 1. The van der Waals surface area contributed by atoms with E-state index in [-0.39, 0.29) is 6.10 Å². The van der Waals surface area contributed by atoms with Crippen LogP contribution >= 0.6 is 34.9 Å². The second kappa shape index (κ2) is 6.30. The standard InChI is InChI=1S/C16H20OS3/c1-10-11(2)20-16(9-18-10)14(17)7-12-8-19-15-6-4-3-5-13(12)15/h3-6,8,10-11,14,16-17H,7,9H2,1-2H3. The van der Waals surface area contributed by atoms with E-state index in [9.17, 15) is 5.11 Å². The van der Waals surface area contributed by atoms with Gasteiger partial charge in [-0.3, -0.25) is 0 Å². The largest absolute Gasteiger partial charge is 0.392 e. The van der Waals surface area contributed by atoms with Crippen LogP contribution in [0.25, 0.3) is 10.1 Å². The number of hydrogen-bond donors (Lipinski definition) is 1. The molecule has 1 saturated heterocycles. The van der Waals surface area contributed by atoms with E-state index in [2.05, 4.69) is 43.5 Å². The number of aliphatic hydroxyl groups is 1. The lowest BCUT2D eigenvalue weighted by Gasteiger charge is -2.33. The molecule has 0 radical (unpaired) electrons. The predicted molar refractivity (Wildman–Crippen MR) is 94.3 cm³/mol. The Bertz CT molecular complexity index is 580. The smallest absolute Gasteiger partial charge is 0.0707 e. The summed E-state index contributed by atoms with van der Waals surface area (Å²) in [5.74, 6) is 1.07. The molecule has 108 valence electrons. The van der Waals surface area contributed by atoms with Crippen LogP contribution in [0, 0.1) is 0 Å². The van der Waals surface area contributed by atoms with Gasteiger partial charge in [0.05, 0.1) is 6.10 Å². The number of thioether (sulfide) groups is 2. The Labute approximate surface area is 133 Å². The Balaban J connectivity index is 1.71. The van der Waals surface area contributed by atoms with Crippen LogP contribution in [0.5, 0.6) is 0 Å². The van der Waals surface area contributed by atoms with Gasteiger partial charge >= 0.3 is 0 Å². The summed E-state index contributed by atoms with van der Waals surface area (Å²) in [4.78, 5) is 0. The Morgan fingerprint density at radius 1 is 1.25 bits per heavy atom. The second-order valence-corrected chi connectivity index (χ2v) is 9.39. The molecule has 0 spiro atoms. The number of thiophene rings is 1. The van der Waals surface area contributed by atoms with Crippen molar-refractivity contribution in [2.45, 2.75) is 42.1 Å². The molecule has 1 aliphatic heterocycles. The molecular formula is C16H20OS3. The van der Waals surface area contributed by atoms with Gasteiger partial charge in [0.2, 0.25) is 0 Å². The van der Waals surface area contributed by atoms with E-state index in [0.717, 1.165) is 12.2 Å². The normalized spacial score (nSPS) is 28.6. The molecule has 0 saturated carbocycles. The Kier molecular flexibility index (Phi) is 4.65. The maximum atomic E-state index is 10.6. The maximum absolute atomic E-state index is 10.6. The maximum Gasteiger partial charge on any atom is 0.0707 e. The van der Waals surface area contributed by atoms with Crippen molar-refractivity contribution >= 4 is 44.9 Å². The molecule has 4 atom stereocenters. The van der Waals surface area contributed by atoms with E-state index in [1.54, 1.807) is 11.3 Å². The van der Waals surface area contributed by atoms with Crippen molar-refractivity contribution < 1.29 is 5.11 Å². The molecule has 1 aliphatic rings. The Hall–Kier alpha value is -0.160. The fourth-order valence-corrected chi connectivity index (χ4v) is 6.55. The summed E-state index contributed by atoms with van der Waals surface area (Å²) in [5, 5.41) is 15.8. The molecule has 0 aliphatic carbocycles. The molecule has 1 N–H and O–H groups in total. The van der Waals surface area contributed by atoms with Crippen LogP contribution in [0.3, 0.4) is 0 Å². The van der Waals surface area contributed by atoms with Crippen LogP contribution in [-0.4, -0.2) is 32.7 Å². The highest BCUT2D eigenvalue weighted by Crippen LogP contribution is 2.38. The topological polar surface area (TPSA) is 20.2 Å². The van der Waals surface area contributed by atoms with E-state index < -0.39 is 0 Å². The lowest BCUT2D eigenvalue weighted by atomic mass is 10.1. The Morgan fingerprint density at radius 2 is 2.05 bits per heavy atom. The molecule has 1 fully saturated rings. The lowest BCUT2D eigenvalue weighted by Crippen LogP contribution is -2.35. The van der Waals surface area contributed by atoms with Gasteiger partial charge in [0.15, 0.2) is 0 Å². The first-order valence-corrected chi connectivity index (χ1v) is 9.92. The van der Waals surface area contributed by atoms with Gasteiger partial charge < -0.3 is 5.11 Å². The first-order valence-electron chi connectivity index (χ1n) is 7.05. The molecule has 1 aromatic carbocycles. The van der Waals surface area contributed by atoms with Crippen LogP contribution in [0.15, 0.2) is 29.6 Å². The van der Waals surface area contributed by atoms with E-state index >= 15 is 0 Å². The zero-order chi connectivity index (χ0) is 14.1. The Morgan fingerprint density at radius 3 is 2.85 bits per heavy atom. The monoisotopic (exact) mass is 324 g/mol. The average Bonchev–Trinajstić information content (AvgIpc) is 2.85. The molecule has 1 aromatic heterocycles. The van der Waals surface area contributed by atoms with E-state index in [0.29, 0.717) is 15.7 Å². The highest BCUT2D eigenvalue weighted by molar-refractivity contribution is 8.07. The third kappa shape index (κ3) is 3.03. The fraction of sp³-hybridized carbons (Fsp3) is 0.500. The van der Waals surface area contributed by atoms with Gasteiger partial charge in [-0.05, 0) is 22.4 Å². The molecular weight excluding hydrogens is 304 g/mol. The zero-order valence-electron chi connectivity index (χ0n) is 11.8. The van der Waals surface area contributed by atoms with Gasteiger partial charge in [0.25, 0.3) is 0 Å². The van der Waals surface area contributed by atoms with Crippen LogP contribution < -0.4 is 0 Å². The number of fused-ring (bicyclic) bond motifs is 1. The third-order valence-corrected chi connectivity index (χ3v) is 8.54. The average molecular weight is 325 g/mol. The van der Waals surface area contributed by atoms with Crippen molar-refractivity contribution in [1.29, 1.82) is 0 Å². The first kappa shape index (κ1) is 14.8. The number of rotatable bonds is 3.